The Morgan fingerprint density at radius 1 is 1.48 bits per heavy atom. The van der Waals surface area contributed by atoms with Crippen molar-refractivity contribution in [1.82, 2.24) is 0 Å². The molecule has 1 aromatic carbocycles. The Kier molecular flexibility index (Phi) is 4.33. The van der Waals surface area contributed by atoms with Crippen LogP contribution in [-0.4, -0.2) is 18.5 Å². The molecule has 0 aromatic heterocycles. The highest BCUT2D eigenvalue weighted by molar-refractivity contribution is 5.90. The summed E-state index contributed by atoms with van der Waals surface area (Å²) in [5, 5.41) is 9.18. The second-order valence-electron chi connectivity index (χ2n) is 5.16. The van der Waals surface area contributed by atoms with Crippen LogP contribution in [0.3, 0.4) is 0 Å². The molecule has 0 saturated carbocycles. The van der Waals surface area contributed by atoms with Crippen LogP contribution in [0.25, 0.3) is 0 Å². The number of ketones is 1. The van der Waals surface area contributed by atoms with Gasteiger partial charge in [-0.2, -0.15) is 18.4 Å². The van der Waals surface area contributed by atoms with E-state index < -0.39 is 23.6 Å². The van der Waals surface area contributed by atoms with E-state index in [-0.39, 0.29) is 24.1 Å². The van der Waals surface area contributed by atoms with Crippen LogP contribution < -0.4 is 0 Å². The normalized spacial score (nSPS) is 23.6. The number of carbonyl (C=O) groups excluding carboxylic acids is 1. The predicted octanol–water partition coefficient (Wildman–Crippen LogP) is 3.31. The van der Waals surface area contributed by atoms with Crippen LogP contribution >= 0.6 is 0 Å². The van der Waals surface area contributed by atoms with Gasteiger partial charge in [0.2, 0.25) is 0 Å². The molecule has 0 aliphatic carbocycles. The van der Waals surface area contributed by atoms with E-state index in [4.69, 9.17) is 4.74 Å². The Morgan fingerprint density at radius 2 is 2.19 bits per heavy atom. The van der Waals surface area contributed by atoms with Gasteiger partial charge in [0.05, 0.1) is 24.3 Å². The number of hydrogen-bond acceptors (Lipinski definition) is 3. The number of nitrogens with zero attached hydrogens (tertiary/aromatic N) is 1. The third-order valence-corrected chi connectivity index (χ3v) is 3.56. The smallest absolute Gasteiger partial charge is 0.378 e. The molecule has 1 saturated heterocycles. The number of Topliss-reactive ketones (excluding diaryl/α,β-unsaturated/α-hetero) is 1. The van der Waals surface area contributed by atoms with Gasteiger partial charge in [-0.25, -0.2) is 0 Å². The van der Waals surface area contributed by atoms with E-state index >= 15 is 0 Å². The Labute approximate surface area is 120 Å². The van der Waals surface area contributed by atoms with Crippen LogP contribution in [-0.2, 0) is 15.7 Å². The highest BCUT2D eigenvalue weighted by atomic mass is 19.4. The highest BCUT2D eigenvalue weighted by Crippen LogP contribution is 2.33. The van der Waals surface area contributed by atoms with E-state index in [1.807, 2.05) is 13.0 Å². The number of ether oxygens (including phenoxy) is 1. The van der Waals surface area contributed by atoms with Crippen LogP contribution in [0.15, 0.2) is 24.3 Å². The lowest BCUT2D eigenvalue weighted by molar-refractivity contribution is -0.137. The molecule has 2 rings (SSSR count). The van der Waals surface area contributed by atoms with E-state index in [1.165, 1.54) is 12.1 Å². The second-order valence-corrected chi connectivity index (χ2v) is 5.16. The molecule has 0 amide bonds. The van der Waals surface area contributed by atoms with E-state index in [2.05, 4.69) is 0 Å². The lowest BCUT2D eigenvalue weighted by Gasteiger charge is -2.14. The Hall–Kier alpha value is -1.87. The van der Waals surface area contributed by atoms with Crippen LogP contribution in [0.2, 0.25) is 0 Å². The molecule has 0 N–H and O–H groups in total. The SMILES string of the molecule is CC1CC(C(=O)C(C#N)c2cccc(C(F)(F)F)c2)CO1. The molecule has 1 aliphatic rings. The van der Waals surface area contributed by atoms with Gasteiger partial charge in [0.15, 0.2) is 5.78 Å². The zero-order valence-electron chi connectivity index (χ0n) is 11.4. The largest absolute Gasteiger partial charge is 0.416 e. The van der Waals surface area contributed by atoms with Crippen molar-refractivity contribution in [3.05, 3.63) is 35.4 Å². The summed E-state index contributed by atoms with van der Waals surface area (Å²) in [6, 6.07) is 6.19. The average Bonchev–Trinajstić information content (AvgIpc) is 2.85. The molecule has 3 atom stereocenters. The van der Waals surface area contributed by atoms with Crippen molar-refractivity contribution in [3.8, 4) is 6.07 Å². The maximum Gasteiger partial charge on any atom is 0.416 e. The zero-order chi connectivity index (χ0) is 15.6. The van der Waals surface area contributed by atoms with Gasteiger partial charge in [-0.05, 0) is 25.0 Å². The number of carbonyl (C=O) groups is 1. The molecule has 3 unspecified atom stereocenters. The molecule has 112 valence electrons. The van der Waals surface area contributed by atoms with Crippen LogP contribution in [0.5, 0.6) is 0 Å². The molecule has 0 spiro atoms. The number of hydrogen-bond donors (Lipinski definition) is 0. The first-order valence-electron chi connectivity index (χ1n) is 6.55. The molecule has 0 bridgehead atoms. The number of halogens is 3. The topological polar surface area (TPSA) is 50.1 Å². The van der Waals surface area contributed by atoms with Gasteiger partial charge in [0, 0.05) is 5.92 Å². The lowest BCUT2D eigenvalue weighted by Crippen LogP contribution is -2.22. The summed E-state index contributed by atoms with van der Waals surface area (Å²) in [6.45, 7) is 2.04. The first-order chi connectivity index (χ1) is 9.82. The molecule has 1 heterocycles. The Bertz CT molecular complexity index is 577. The van der Waals surface area contributed by atoms with Gasteiger partial charge in [-0.15, -0.1) is 0 Å². The summed E-state index contributed by atoms with van der Waals surface area (Å²) in [5.41, 5.74) is -0.777. The summed E-state index contributed by atoms with van der Waals surface area (Å²) in [4.78, 5) is 12.3. The first kappa shape index (κ1) is 15.5. The van der Waals surface area contributed by atoms with Crippen LogP contribution in [0.4, 0.5) is 13.2 Å². The summed E-state index contributed by atoms with van der Waals surface area (Å²) in [6.07, 6.45) is -4.07. The molecule has 1 fully saturated rings. The third kappa shape index (κ3) is 3.42. The van der Waals surface area contributed by atoms with Gasteiger partial charge in [-0.3, -0.25) is 4.79 Å². The Morgan fingerprint density at radius 3 is 2.71 bits per heavy atom. The van der Waals surface area contributed by atoms with E-state index in [1.54, 1.807) is 0 Å². The van der Waals surface area contributed by atoms with E-state index in [0.29, 0.717) is 6.42 Å². The highest BCUT2D eigenvalue weighted by Gasteiger charge is 2.35. The third-order valence-electron chi connectivity index (χ3n) is 3.56. The fourth-order valence-electron chi connectivity index (χ4n) is 2.45. The van der Waals surface area contributed by atoms with E-state index in [9.17, 15) is 23.2 Å². The van der Waals surface area contributed by atoms with Crippen molar-refractivity contribution in [2.45, 2.75) is 31.5 Å². The monoisotopic (exact) mass is 297 g/mol. The molecule has 1 aromatic rings. The minimum absolute atomic E-state index is 0.0696. The average molecular weight is 297 g/mol. The molecule has 1 aliphatic heterocycles. The van der Waals surface area contributed by atoms with Gasteiger partial charge in [0.1, 0.15) is 5.92 Å². The summed E-state index contributed by atoms with van der Waals surface area (Å²) in [5.74, 6) is -1.99. The number of benzene rings is 1. The van der Waals surface area contributed by atoms with Crippen molar-refractivity contribution >= 4 is 5.78 Å². The van der Waals surface area contributed by atoms with Gasteiger partial charge < -0.3 is 4.74 Å². The lowest BCUT2D eigenvalue weighted by atomic mass is 9.86. The first-order valence-corrected chi connectivity index (χ1v) is 6.55. The van der Waals surface area contributed by atoms with Crippen molar-refractivity contribution < 1.29 is 22.7 Å². The fraction of sp³-hybridized carbons (Fsp3) is 0.467. The van der Waals surface area contributed by atoms with Crippen LogP contribution in [0.1, 0.15) is 30.4 Å². The number of nitriles is 1. The van der Waals surface area contributed by atoms with Gasteiger partial charge in [0.25, 0.3) is 0 Å². The molecular weight excluding hydrogens is 283 g/mol. The van der Waals surface area contributed by atoms with Gasteiger partial charge in [-0.1, -0.05) is 18.2 Å². The molecular formula is C15H14F3NO2. The molecule has 6 heteroatoms. The minimum Gasteiger partial charge on any atom is -0.378 e. The maximum absolute atomic E-state index is 12.7. The number of rotatable bonds is 3. The van der Waals surface area contributed by atoms with Crippen molar-refractivity contribution in [1.29, 1.82) is 5.26 Å². The van der Waals surface area contributed by atoms with Crippen molar-refractivity contribution in [2.75, 3.05) is 6.61 Å². The summed E-state index contributed by atoms with van der Waals surface area (Å²) in [7, 11) is 0. The summed E-state index contributed by atoms with van der Waals surface area (Å²) >= 11 is 0. The quantitative estimate of drug-likeness (QED) is 0.860. The fourth-order valence-corrected chi connectivity index (χ4v) is 2.45. The van der Waals surface area contributed by atoms with Crippen molar-refractivity contribution in [2.24, 2.45) is 5.92 Å². The standard InChI is InChI=1S/C15H14F3NO2/c1-9-5-11(8-21-9)14(20)13(7-19)10-3-2-4-12(6-10)15(16,17)18/h2-4,6,9,11,13H,5,8H2,1H3. The van der Waals surface area contributed by atoms with Crippen LogP contribution in [0, 0.1) is 17.2 Å². The van der Waals surface area contributed by atoms with Gasteiger partial charge >= 0.3 is 6.18 Å². The molecule has 21 heavy (non-hydrogen) atoms. The summed E-state index contributed by atoms with van der Waals surface area (Å²) < 4.78 is 43.4. The van der Waals surface area contributed by atoms with E-state index in [0.717, 1.165) is 12.1 Å². The minimum atomic E-state index is -4.50. The zero-order valence-corrected chi connectivity index (χ0v) is 11.4. The molecule has 0 radical (unpaired) electrons. The molecule has 3 nitrogen and oxygen atoms in total. The maximum atomic E-state index is 12.7. The Balaban J connectivity index is 2.26. The second kappa shape index (κ2) is 5.86. The number of alkyl halides is 3. The predicted molar refractivity (Wildman–Crippen MR) is 68.3 cm³/mol. The van der Waals surface area contributed by atoms with Crippen molar-refractivity contribution in [3.63, 3.8) is 0 Å².